The van der Waals surface area contributed by atoms with Crippen LogP contribution in [0.4, 0.5) is 0 Å². The number of benzene rings is 1. The molecule has 1 rings (SSSR count). The molecule has 0 aliphatic carbocycles. The summed E-state index contributed by atoms with van der Waals surface area (Å²) in [7, 11) is 0. The van der Waals surface area contributed by atoms with Crippen molar-refractivity contribution in [1.29, 1.82) is 0 Å². The molecule has 0 unspecified atom stereocenters. The van der Waals surface area contributed by atoms with Crippen molar-refractivity contribution in [3.63, 3.8) is 0 Å². The number of aliphatic hydroxyl groups is 1. The van der Waals surface area contributed by atoms with Crippen LogP contribution in [-0.4, -0.2) is 11.2 Å². The average Bonchev–Trinajstić information content (AvgIpc) is 2.26. The second-order valence-corrected chi connectivity index (χ2v) is 4.36. The van der Waals surface area contributed by atoms with Gasteiger partial charge in [-0.3, -0.25) is 0 Å². The van der Waals surface area contributed by atoms with Crippen molar-refractivity contribution in [2.45, 2.75) is 26.9 Å². The van der Waals surface area contributed by atoms with Crippen LogP contribution >= 0.6 is 0 Å². The minimum absolute atomic E-state index is 0.199. The molecule has 0 fully saturated rings. The van der Waals surface area contributed by atoms with Gasteiger partial charge in [0.15, 0.2) is 0 Å². The third-order valence-corrected chi connectivity index (χ3v) is 2.61. The summed E-state index contributed by atoms with van der Waals surface area (Å²) in [6.07, 6.45) is 3.88. The van der Waals surface area contributed by atoms with Gasteiger partial charge in [-0.2, -0.15) is 0 Å². The first-order valence-electron chi connectivity index (χ1n) is 5.52. The van der Waals surface area contributed by atoms with Gasteiger partial charge in [-0.05, 0) is 11.5 Å². The molecule has 82 valence electrons. The highest BCUT2D eigenvalue weighted by molar-refractivity contribution is 5.48. The van der Waals surface area contributed by atoms with Crippen LogP contribution in [0.1, 0.15) is 26.3 Å². The first kappa shape index (κ1) is 12.0. The number of rotatable bonds is 4. The summed E-state index contributed by atoms with van der Waals surface area (Å²) in [5.74, 6) is 0.505. The maximum absolute atomic E-state index is 9.82. The lowest BCUT2D eigenvalue weighted by atomic mass is 9.94. The van der Waals surface area contributed by atoms with Gasteiger partial charge in [0.25, 0.3) is 0 Å². The van der Waals surface area contributed by atoms with Crippen molar-refractivity contribution in [3.05, 3.63) is 42.0 Å². The van der Waals surface area contributed by atoms with Gasteiger partial charge in [0.1, 0.15) is 0 Å². The SMILES string of the molecule is CC(C)[C@@H](O)[C@@H](C)/C=C/c1ccccc1. The van der Waals surface area contributed by atoms with E-state index < -0.39 is 0 Å². The molecule has 0 amide bonds. The molecule has 15 heavy (non-hydrogen) atoms. The van der Waals surface area contributed by atoms with Crippen LogP contribution in [-0.2, 0) is 0 Å². The quantitative estimate of drug-likeness (QED) is 0.797. The lowest BCUT2D eigenvalue weighted by molar-refractivity contribution is 0.0914. The van der Waals surface area contributed by atoms with Crippen molar-refractivity contribution in [2.75, 3.05) is 0 Å². The van der Waals surface area contributed by atoms with E-state index in [0.717, 1.165) is 0 Å². The molecule has 0 radical (unpaired) electrons. The second kappa shape index (κ2) is 5.72. The van der Waals surface area contributed by atoms with E-state index in [1.807, 2.05) is 39.0 Å². The van der Waals surface area contributed by atoms with Crippen LogP contribution in [0.5, 0.6) is 0 Å². The van der Waals surface area contributed by atoms with Gasteiger partial charge in [0.2, 0.25) is 0 Å². The van der Waals surface area contributed by atoms with Crippen LogP contribution in [0.25, 0.3) is 6.08 Å². The zero-order chi connectivity index (χ0) is 11.3. The summed E-state index contributed by atoms with van der Waals surface area (Å²) in [5, 5.41) is 9.82. The molecular formula is C14H20O. The molecule has 1 nitrogen and oxygen atoms in total. The number of hydrogen-bond donors (Lipinski definition) is 1. The minimum atomic E-state index is -0.259. The molecular weight excluding hydrogens is 184 g/mol. The molecule has 0 aromatic heterocycles. The summed E-state index contributed by atoms with van der Waals surface area (Å²) < 4.78 is 0. The van der Waals surface area contributed by atoms with E-state index in [1.54, 1.807) is 0 Å². The Balaban J connectivity index is 2.58. The Bertz CT molecular complexity index is 300. The molecule has 0 aliphatic heterocycles. The van der Waals surface area contributed by atoms with Gasteiger partial charge < -0.3 is 5.11 Å². The Morgan fingerprint density at radius 2 is 1.67 bits per heavy atom. The van der Waals surface area contributed by atoms with E-state index in [2.05, 4.69) is 24.3 Å². The molecule has 2 atom stereocenters. The Morgan fingerprint density at radius 1 is 1.07 bits per heavy atom. The van der Waals surface area contributed by atoms with Crippen molar-refractivity contribution >= 4 is 6.08 Å². The highest BCUT2D eigenvalue weighted by Gasteiger charge is 2.14. The molecule has 1 heteroatoms. The van der Waals surface area contributed by atoms with Crippen LogP contribution in [0.2, 0.25) is 0 Å². The van der Waals surface area contributed by atoms with E-state index in [4.69, 9.17) is 0 Å². The lowest BCUT2D eigenvalue weighted by Gasteiger charge is -2.18. The first-order chi connectivity index (χ1) is 7.11. The fourth-order valence-corrected chi connectivity index (χ4v) is 1.55. The third-order valence-electron chi connectivity index (χ3n) is 2.61. The molecule has 1 aromatic carbocycles. The maximum Gasteiger partial charge on any atom is 0.0623 e. The maximum atomic E-state index is 9.82. The molecule has 1 aromatic rings. The topological polar surface area (TPSA) is 20.2 Å². The highest BCUT2D eigenvalue weighted by Crippen LogP contribution is 2.15. The zero-order valence-corrected chi connectivity index (χ0v) is 9.72. The van der Waals surface area contributed by atoms with Gasteiger partial charge in [0, 0.05) is 5.92 Å². The predicted octanol–water partition coefficient (Wildman–Crippen LogP) is 3.35. The Hall–Kier alpha value is -1.08. The van der Waals surface area contributed by atoms with Crippen molar-refractivity contribution in [3.8, 4) is 0 Å². The summed E-state index contributed by atoms with van der Waals surface area (Å²) >= 11 is 0. The molecule has 0 aliphatic rings. The van der Waals surface area contributed by atoms with Gasteiger partial charge in [-0.25, -0.2) is 0 Å². The van der Waals surface area contributed by atoms with Gasteiger partial charge in [-0.1, -0.05) is 63.3 Å². The standard InChI is InChI=1S/C14H20O/c1-11(2)14(15)12(3)9-10-13-7-5-4-6-8-13/h4-12,14-15H,1-3H3/b10-9+/t12-,14+/m0/s1. The summed E-state index contributed by atoms with van der Waals surface area (Å²) in [6.45, 7) is 6.12. The van der Waals surface area contributed by atoms with Crippen LogP contribution in [0.3, 0.4) is 0 Å². The Labute approximate surface area is 92.5 Å². The lowest BCUT2D eigenvalue weighted by Crippen LogP contribution is -2.21. The van der Waals surface area contributed by atoms with Crippen LogP contribution < -0.4 is 0 Å². The molecule has 0 saturated carbocycles. The monoisotopic (exact) mass is 204 g/mol. The molecule has 0 spiro atoms. The fraction of sp³-hybridized carbons (Fsp3) is 0.429. The largest absolute Gasteiger partial charge is 0.392 e. The number of aliphatic hydroxyl groups excluding tert-OH is 1. The molecule has 0 bridgehead atoms. The zero-order valence-electron chi connectivity index (χ0n) is 9.72. The minimum Gasteiger partial charge on any atom is -0.392 e. The van der Waals surface area contributed by atoms with Gasteiger partial charge >= 0.3 is 0 Å². The molecule has 0 saturated heterocycles. The van der Waals surface area contributed by atoms with Gasteiger partial charge in [0.05, 0.1) is 6.10 Å². The summed E-state index contributed by atoms with van der Waals surface area (Å²) in [4.78, 5) is 0. The normalized spacial score (nSPS) is 15.8. The van der Waals surface area contributed by atoms with Crippen molar-refractivity contribution < 1.29 is 5.11 Å². The van der Waals surface area contributed by atoms with E-state index in [9.17, 15) is 5.11 Å². The first-order valence-corrected chi connectivity index (χ1v) is 5.52. The van der Waals surface area contributed by atoms with Crippen LogP contribution in [0.15, 0.2) is 36.4 Å². The Morgan fingerprint density at radius 3 is 2.20 bits per heavy atom. The van der Waals surface area contributed by atoms with Crippen molar-refractivity contribution in [1.82, 2.24) is 0 Å². The Kier molecular flexibility index (Phi) is 4.57. The molecule has 0 heterocycles. The summed E-state index contributed by atoms with van der Waals surface area (Å²) in [5.41, 5.74) is 1.18. The summed E-state index contributed by atoms with van der Waals surface area (Å²) in [6, 6.07) is 10.2. The van der Waals surface area contributed by atoms with E-state index in [-0.39, 0.29) is 12.0 Å². The second-order valence-electron chi connectivity index (χ2n) is 4.36. The smallest absolute Gasteiger partial charge is 0.0623 e. The van der Waals surface area contributed by atoms with E-state index in [0.29, 0.717) is 5.92 Å². The number of hydrogen-bond acceptors (Lipinski definition) is 1. The van der Waals surface area contributed by atoms with E-state index in [1.165, 1.54) is 5.56 Å². The predicted molar refractivity (Wildman–Crippen MR) is 65.5 cm³/mol. The molecule has 1 N–H and O–H groups in total. The fourth-order valence-electron chi connectivity index (χ4n) is 1.55. The van der Waals surface area contributed by atoms with Gasteiger partial charge in [-0.15, -0.1) is 0 Å². The van der Waals surface area contributed by atoms with E-state index >= 15 is 0 Å². The average molecular weight is 204 g/mol. The van der Waals surface area contributed by atoms with Crippen LogP contribution in [0, 0.1) is 11.8 Å². The highest BCUT2D eigenvalue weighted by atomic mass is 16.3. The van der Waals surface area contributed by atoms with Crippen molar-refractivity contribution in [2.24, 2.45) is 11.8 Å². The third kappa shape index (κ3) is 3.88.